The lowest BCUT2D eigenvalue weighted by atomic mass is 10.0. The van der Waals surface area contributed by atoms with Crippen LogP contribution >= 0.6 is 0 Å². The van der Waals surface area contributed by atoms with Crippen molar-refractivity contribution >= 4 is 5.78 Å². The van der Waals surface area contributed by atoms with Crippen molar-refractivity contribution in [3.05, 3.63) is 77.7 Å². The maximum absolute atomic E-state index is 13.0. The fourth-order valence-corrected chi connectivity index (χ4v) is 3.45. The first kappa shape index (κ1) is 23.6. The molecule has 0 aliphatic carbocycles. The number of hydrogen-bond donors (Lipinski definition) is 0. The van der Waals surface area contributed by atoms with Crippen molar-refractivity contribution in [1.82, 2.24) is 10.2 Å². The monoisotopic (exact) mass is 476 g/mol. The topological polar surface area (TPSA) is 102 Å². The molecular weight excluding hydrogens is 452 g/mol. The summed E-state index contributed by atoms with van der Waals surface area (Å²) in [6, 6.07) is 17.4. The van der Waals surface area contributed by atoms with Gasteiger partial charge in [-0.05, 0) is 24.3 Å². The van der Waals surface area contributed by atoms with Gasteiger partial charge in [-0.25, -0.2) is 0 Å². The van der Waals surface area contributed by atoms with Crippen LogP contribution in [0.15, 0.2) is 65.1 Å². The summed E-state index contributed by atoms with van der Waals surface area (Å²) in [7, 11) is 6.12. The highest BCUT2D eigenvalue weighted by Gasteiger charge is 2.19. The van der Waals surface area contributed by atoms with Crippen LogP contribution in [0.4, 0.5) is 0 Å². The maximum Gasteiger partial charge on any atom is 0.254 e. The second kappa shape index (κ2) is 10.6. The fourth-order valence-electron chi connectivity index (χ4n) is 3.45. The van der Waals surface area contributed by atoms with E-state index in [0.29, 0.717) is 45.4 Å². The number of ether oxygens (including phenoxy) is 5. The van der Waals surface area contributed by atoms with Crippen LogP contribution in [-0.2, 0) is 6.61 Å². The Kier molecular flexibility index (Phi) is 7.15. The Bertz CT molecular complexity index is 1290. The number of carbonyl (C=O) groups excluding carboxylic acids is 1. The second-order valence-corrected chi connectivity index (χ2v) is 7.26. The summed E-state index contributed by atoms with van der Waals surface area (Å²) in [5, 5.41) is 8.17. The molecule has 0 aliphatic heterocycles. The molecule has 4 aromatic rings. The molecule has 0 atom stereocenters. The summed E-state index contributed by atoms with van der Waals surface area (Å²) in [4.78, 5) is 13.0. The van der Waals surface area contributed by atoms with Gasteiger partial charge in [0.1, 0.15) is 11.5 Å². The van der Waals surface area contributed by atoms with Gasteiger partial charge in [0.15, 0.2) is 23.9 Å². The van der Waals surface area contributed by atoms with Crippen molar-refractivity contribution in [2.24, 2.45) is 0 Å². The van der Waals surface area contributed by atoms with Crippen molar-refractivity contribution in [3.63, 3.8) is 0 Å². The lowest BCUT2D eigenvalue weighted by Gasteiger charge is -2.12. The molecule has 0 radical (unpaired) electrons. The lowest BCUT2D eigenvalue weighted by molar-refractivity contribution is 0.103. The summed E-state index contributed by atoms with van der Waals surface area (Å²) in [5.74, 6) is 2.54. The van der Waals surface area contributed by atoms with Crippen LogP contribution in [0.25, 0.3) is 11.5 Å². The quantitative estimate of drug-likeness (QED) is 0.304. The van der Waals surface area contributed by atoms with Gasteiger partial charge >= 0.3 is 0 Å². The predicted octanol–water partition coefficient (Wildman–Crippen LogP) is 4.58. The van der Waals surface area contributed by atoms with Gasteiger partial charge in [-0.15, -0.1) is 10.2 Å². The smallest absolute Gasteiger partial charge is 0.254 e. The average molecular weight is 476 g/mol. The van der Waals surface area contributed by atoms with E-state index >= 15 is 0 Å². The van der Waals surface area contributed by atoms with E-state index in [4.69, 9.17) is 28.1 Å². The molecule has 9 nitrogen and oxygen atoms in total. The highest BCUT2D eigenvalue weighted by molar-refractivity contribution is 6.10. The molecule has 35 heavy (non-hydrogen) atoms. The average Bonchev–Trinajstić information content (AvgIpc) is 3.40. The normalized spacial score (nSPS) is 10.5. The molecule has 0 unspecified atom stereocenters. The zero-order valence-corrected chi connectivity index (χ0v) is 19.7. The molecule has 0 N–H and O–H groups in total. The Hall–Kier alpha value is -4.53. The largest absolute Gasteiger partial charge is 0.497 e. The Labute approximate surface area is 202 Å². The first-order valence-electron chi connectivity index (χ1n) is 10.6. The third kappa shape index (κ3) is 5.03. The summed E-state index contributed by atoms with van der Waals surface area (Å²) >= 11 is 0. The number of methoxy groups -OCH3 is 4. The Morgan fingerprint density at radius 3 is 2.14 bits per heavy atom. The van der Waals surface area contributed by atoms with Gasteiger partial charge in [-0.3, -0.25) is 4.79 Å². The molecular formula is C26H24N2O7. The van der Waals surface area contributed by atoms with Crippen molar-refractivity contribution < 1.29 is 32.9 Å². The summed E-state index contributed by atoms with van der Waals surface area (Å²) in [5.41, 5.74) is 1.52. The van der Waals surface area contributed by atoms with Gasteiger partial charge in [0, 0.05) is 17.2 Å². The van der Waals surface area contributed by atoms with Crippen molar-refractivity contribution in [2.75, 3.05) is 28.4 Å². The van der Waals surface area contributed by atoms with Crippen molar-refractivity contribution in [2.45, 2.75) is 6.61 Å². The van der Waals surface area contributed by atoms with Gasteiger partial charge in [0.05, 0.1) is 34.0 Å². The Morgan fingerprint density at radius 2 is 1.51 bits per heavy atom. The van der Waals surface area contributed by atoms with E-state index in [9.17, 15) is 4.79 Å². The highest BCUT2D eigenvalue weighted by atomic mass is 16.5. The van der Waals surface area contributed by atoms with Crippen LogP contribution in [0.2, 0.25) is 0 Å². The number of aromatic nitrogens is 2. The molecule has 1 aromatic heterocycles. The number of rotatable bonds is 10. The predicted molar refractivity (Wildman–Crippen MR) is 127 cm³/mol. The number of carbonyl (C=O) groups is 1. The number of nitrogens with zero attached hydrogens (tertiary/aromatic N) is 2. The minimum atomic E-state index is -0.174. The minimum absolute atomic E-state index is 0.0559. The molecule has 1 heterocycles. The molecule has 180 valence electrons. The molecule has 0 spiro atoms. The van der Waals surface area contributed by atoms with E-state index < -0.39 is 0 Å². The first-order valence-corrected chi connectivity index (χ1v) is 10.6. The molecule has 3 aromatic carbocycles. The zero-order valence-electron chi connectivity index (χ0n) is 19.7. The minimum Gasteiger partial charge on any atom is -0.497 e. The van der Waals surface area contributed by atoms with Crippen LogP contribution in [0, 0.1) is 0 Å². The van der Waals surface area contributed by atoms with Crippen molar-refractivity contribution in [1.29, 1.82) is 0 Å². The standard InChI is InChI=1S/C26H24N2O7/c1-30-18-10-11-19(24(29)16-8-6-5-7-9-16)20(14-18)34-15-23-27-28-26(35-23)17-12-21(31-2)25(33-4)22(13-17)32-3/h5-14H,15H2,1-4H3. The van der Waals surface area contributed by atoms with Crippen LogP contribution in [0.5, 0.6) is 28.7 Å². The van der Waals surface area contributed by atoms with Gasteiger partial charge in [-0.1, -0.05) is 30.3 Å². The van der Waals surface area contributed by atoms with E-state index in [1.54, 1.807) is 61.7 Å². The molecule has 0 aliphatic rings. The summed E-state index contributed by atoms with van der Waals surface area (Å²) < 4.78 is 33.1. The van der Waals surface area contributed by atoms with Crippen LogP contribution in [-0.4, -0.2) is 44.4 Å². The lowest BCUT2D eigenvalue weighted by Crippen LogP contribution is -2.06. The van der Waals surface area contributed by atoms with Crippen LogP contribution in [0.3, 0.4) is 0 Å². The molecule has 0 bridgehead atoms. The van der Waals surface area contributed by atoms with E-state index in [1.807, 2.05) is 6.07 Å². The second-order valence-electron chi connectivity index (χ2n) is 7.26. The van der Waals surface area contributed by atoms with E-state index in [0.717, 1.165) is 0 Å². The van der Waals surface area contributed by atoms with Gasteiger partial charge < -0.3 is 28.1 Å². The van der Waals surface area contributed by atoms with E-state index in [1.165, 1.54) is 21.3 Å². The molecule has 0 saturated heterocycles. The third-order valence-electron chi connectivity index (χ3n) is 5.20. The van der Waals surface area contributed by atoms with Crippen molar-refractivity contribution in [3.8, 4) is 40.2 Å². The number of hydrogen-bond acceptors (Lipinski definition) is 9. The summed E-state index contributed by atoms with van der Waals surface area (Å²) in [6.45, 7) is -0.0559. The molecule has 4 rings (SSSR count). The highest BCUT2D eigenvalue weighted by Crippen LogP contribution is 2.41. The Balaban J connectivity index is 1.58. The number of ketones is 1. The zero-order chi connectivity index (χ0) is 24.8. The molecule has 0 fully saturated rings. The SMILES string of the molecule is COc1ccc(C(=O)c2ccccc2)c(OCc2nnc(-c3cc(OC)c(OC)c(OC)c3)o2)c1. The first-order chi connectivity index (χ1) is 17.1. The maximum atomic E-state index is 13.0. The number of benzene rings is 3. The van der Waals surface area contributed by atoms with Gasteiger partial charge in [0.2, 0.25) is 11.6 Å². The summed E-state index contributed by atoms with van der Waals surface area (Å²) in [6.07, 6.45) is 0. The van der Waals surface area contributed by atoms with E-state index in [2.05, 4.69) is 10.2 Å². The van der Waals surface area contributed by atoms with E-state index in [-0.39, 0.29) is 24.2 Å². The van der Waals surface area contributed by atoms with Crippen LogP contribution < -0.4 is 23.7 Å². The Morgan fingerprint density at radius 1 is 0.800 bits per heavy atom. The van der Waals surface area contributed by atoms with Crippen LogP contribution in [0.1, 0.15) is 21.8 Å². The molecule has 0 saturated carbocycles. The molecule has 0 amide bonds. The third-order valence-corrected chi connectivity index (χ3v) is 5.20. The molecule has 9 heteroatoms. The van der Waals surface area contributed by atoms with Gasteiger partial charge in [-0.2, -0.15) is 0 Å². The van der Waals surface area contributed by atoms with Gasteiger partial charge in [0.25, 0.3) is 5.89 Å². The fraction of sp³-hybridized carbons (Fsp3) is 0.192.